The summed E-state index contributed by atoms with van der Waals surface area (Å²) in [5.74, 6) is 1.18. The maximum atomic E-state index is 4.46. The molecule has 98 valence electrons. The van der Waals surface area contributed by atoms with E-state index in [0.717, 1.165) is 25.9 Å². The van der Waals surface area contributed by atoms with Gasteiger partial charge in [0.25, 0.3) is 0 Å². The predicted octanol–water partition coefficient (Wildman–Crippen LogP) is 2.73. The number of thiophene rings is 1. The topological polar surface area (TPSA) is 29.9 Å². The van der Waals surface area contributed by atoms with Crippen LogP contribution >= 0.6 is 11.3 Å². The van der Waals surface area contributed by atoms with E-state index in [-0.39, 0.29) is 0 Å². The van der Waals surface area contributed by atoms with Crippen LogP contribution in [0.25, 0.3) is 0 Å². The summed E-state index contributed by atoms with van der Waals surface area (Å²) >= 11 is 1.77. The van der Waals surface area contributed by atoms with E-state index in [1.807, 2.05) is 6.20 Å². The molecule has 0 saturated heterocycles. The molecule has 4 heteroatoms. The quantitative estimate of drug-likeness (QED) is 0.832. The van der Waals surface area contributed by atoms with Gasteiger partial charge in [0.2, 0.25) is 0 Å². The van der Waals surface area contributed by atoms with Crippen LogP contribution in [-0.2, 0) is 19.4 Å². The molecule has 3 nitrogen and oxygen atoms in total. The Morgan fingerprint density at radius 3 is 2.94 bits per heavy atom. The Morgan fingerprint density at radius 1 is 1.39 bits per heavy atom. The van der Waals surface area contributed by atoms with Crippen LogP contribution in [0.2, 0.25) is 0 Å². The lowest BCUT2D eigenvalue weighted by atomic mass is 10.1. The molecule has 0 aliphatic carbocycles. The van der Waals surface area contributed by atoms with Crippen LogP contribution in [0, 0.1) is 0 Å². The molecule has 0 aliphatic rings. The number of aryl methyl sites for hydroxylation is 1. The van der Waals surface area contributed by atoms with Gasteiger partial charge in [-0.3, -0.25) is 0 Å². The monoisotopic (exact) mass is 263 g/mol. The Balaban J connectivity index is 2.01. The summed E-state index contributed by atoms with van der Waals surface area (Å²) in [6.45, 7) is 6.31. The van der Waals surface area contributed by atoms with E-state index in [9.17, 15) is 0 Å². The van der Waals surface area contributed by atoms with Gasteiger partial charge in [-0.2, -0.15) is 11.3 Å². The molecule has 0 aliphatic heterocycles. The average Bonchev–Trinajstić information content (AvgIpc) is 3.00. The molecular formula is C14H21N3S. The molecule has 2 aromatic heterocycles. The van der Waals surface area contributed by atoms with Gasteiger partial charge in [0.05, 0.1) is 0 Å². The van der Waals surface area contributed by atoms with Crippen molar-refractivity contribution in [1.82, 2.24) is 14.9 Å². The normalized spacial score (nSPS) is 12.8. The predicted molar refractivity (Wildman–Crippen MR) is 77.1 cm³/mol. The SMILES string of the molecule is CCNC(Cc1ccsc1)Cc1nccn1CC. The fraction of sp³-hybridized carbons (Fsp3) is 0.500. The molecule has 0 aromatic carbocycles. The third kappa shape index (κ3) is 3.43. The summed E-state index contributed by atoms with van der Waals surface area (Å²) in [5.41, 5.74) is 1.42. The third-order valence-electron chi connectivity index (χ3n) is 3.13. The Labute approximate surface area is 113 Å². The van der Waals surface area contributed by atoms with E-state index in [1.165, 1.54) is 11.4 Å². The van der Waals surface area contributed by atoms with E-state index >= 15 is 0 Å². The van der Waals surface area contributed by atoms with Gasteiger partial charge in [-0.25, -0.2) is 4.98 Å². The fourth-order valence-electron chi connectivity index (χ4n) is 2.24. The maximum Gasteiger partial charge on any atom is 0.110 e. The van der Waals surface area contributed by atoms with Gasteiger partial charge in [0.1, 0.15) is 5.82 Å². The van der Waals surface area contributed by atoms with Gasteiger partial charge in [0, 0.05) is 31.4 Å². The number of nitrogens with one attached hydrogen (secondary N) is 1. The van der Waals surface area contributed by atoms with Gasteiger partial charge >= 0.3 is 0 Å². The van der Waals surface area contributed by atoms with Crippen LogP contribution in [0.3, 0.4) is 0 Å². The van der Waals surface area contributed by atoms with Crippen LogP contribution in [-0.4, -0.2) is 22.1 Å². The molecule has 1 N–H and O–H groups in total. The minimum Gasteiger partial charge on any atom is -0.335 e. The molecule has 2 heterocycles. The van der Waals surface area contributed by atoms with E-state index in [1.54, 1.807) is 11.3 Å². The fourth-order valence-corrected chi connectivity index (χ4v) is 2.92. The molecule has 0 radical (unpaired) electrons. The number of aromatic nitrogens is 2. The summed E-state index contributed by atoms with van der Waals surface area (Å²) in [7, 11) is 0. The van der Waals surface area contributed by atoms with Crippen LogP contribution in [0.5, 0.6) is 0 Å². The number of hydrogen-bond acceptors (Lipinski definition) is 3. The van der Waals surface area contributed by atoms with Crippen molar-refractivity contribution in [3.05, 3.63) is 40.6 Å². The van der Waals surface area contributed by atoms with Gasteiger partial charge in [-0.05, 0) is 42.3 Å². The number of likely N-dealkylation sites (N-methyl/N-ethyl adjacent to an activating group) is 1. The number of hydrogen-bond donors (Lipinski definition) is 1. The second kappa shape index (κ2) is 6.71. The Morgan fingerprint density at radius 2 is 2.28 bits per heavy atom. The van der Waals surface area contributed by atoms with Gasteiger partial charge in [-0.15, -0.1) is 0 Å². The molecule has 0 amide bonds. The van der Waals surface area contributed by atoms with Crippen LogP contribution < -0.4 is 5.32 Å². The zero-order valence-corrected chi connectivity index (χ0v) is 11.9. The smallest absolute Gasteiger partial charge is 0.110 e. The molecular weight excluding hydrogens is 242 g/mol. The zero-order chi connectivity index (χ0) is 12.8. The molecule has 2 rings (SSSR count). The van der Waals surface area contributed by atoms with Crippen LogP contribution in [0.1, 0.15) is 25.2 Å². The summed E-state index contributed by atoms with van der Waals surface area (Å²) in [4.78, 5) is 4.46. The Bertz CT molecular complexity index is 447. The lowest BCUT2D eigenvalue weighted by molar-refractivity contribution is 0.499. The van der Waals surface area contributed by atoms with E-state index in [0.29, 0.717) is 6.04 Å². The molecule has 2 aromatic rings. The first-order valence-corrected chi connectivity index (χ1v) is 7.52. The minimum atomic E-state index is 0.470. The summed E-state index contributed by atoms with van der Waals surface area (Å²) < 4.78 is 2.22. The van der Waals surface area contributed by atoms with Crippen molar-refractivity contribution in [2.75, 3.05) is 6.54 Å². The largest absolute Gasteiger partial charge is 0.335 e. The highest BCUT2D eigenvalue weighted by atomic mass is 32.1. The third-order valence-corrected chi connectivity index (χ3v) is 3.86. The van der Waals surface area contributed by atoms with Crippen molar-refractivity contribution in [1.29, 1.82) is 0 Å². The van der Waals surface area contributed by atoms with Crippen molar-refractivity contribution in [3.8, 4) is 0 Å². The van der Waals surface area contributed by atoms with Crippen LogP contribution in [0.15, 0.2) is 29.2 Å². The second-order valence-corrected chi connectivity index (χ2v) is 5.20. The van der Waals surface area contributed by atoms with E-state index < -0.39 is 0 Å². The standard InChI is InChI=1S/C14H21N3S/c1-3-15-13(9-12-5-8-18-11-12)10-14-16-6-7-17(14)4-2/h5-8,11,13,15H,3-4,9-10H2,1-2H3. The molecule has 0 fully saturated rings. The highest BCUT2D eigenvalue weighted by molar-refractivity contribution is 7.07. The maximum absolute atomic E-state index is 4.46. The van der Waals surface area contributed by atoms with Gasteiger partial charge < -0.3 is 9.88 Å². The molecule has 0 bridgehead atoms. The number of imidazole rings is 1. The molecule has 0 spiro atoms. The molecule has 1 unspecified atom stereocenters. The van der Waals surface area contributed by atoms with Gasteiger partial charge in [-0.1, -0.05) is 6.92 Å². The molecule has 0 saturated carbocycles. The van der Waals surface area contributed by atoms with Gasteiger partial charge in [0.15, 0.2) is 0 Å². The molecule has 18 heavy (non-hydrogen) atoms. The number of nitrogens with zero attached hydrogens (tertiary/aromatic N) is 2. The first-order valence-electron chi connectivity index (χ1n) is 6.58. The minimum absolute atomic E-state index is 0.470. The van der Waals surface area contributed by atoms with Crippen molar-refractivity contribution in [3.63, 3.8) is 0 Å². The Kier molecular flexibility index (Phi) is 4.96. The highest BCUT2D eigenvalue weighted by Crippen LogP contribution is 2.11. The summed E-state index contributed by atoms with van der Waals surface area (Å²) in [5, 5.41) is 7.94. The summed E-state index contributed by atoms with van der Waals surface area (Å²) in [6, 6.07) is 2.68. The van der Waals surface area contributed by atoms with Crippen molar-refractivity contribution in [2.24, 2.45) is 0 Å². The van der Waals surface area contributed by atoms with E-state index in [4.69, 9.17) is 0 Å². The lowest BCUT2D eigenvalue weighted by Gasteiger charge is -2.17. The van der Waals surface area contributed by atoms with Crippen LogP contribution in [0.4, 0.5) is 0 Å². The first-order chi connectivity index (χ1) is 8.83. The lowest BCUT2D eigenvalue weighted by Crippen LogP contribution is -2.33. The number of rotatable bonds is 7. The summed E-state index contributed by atoms with van der Waals surface area (Å²) in [6.07, 6.45) is 6.02. The first kappa shape index (κ1) is 13.3. The average molecular weight is 263 g/mol. The van der Waals surface area contributed by atoms with E-state index in [2.05, 4.69) is 51.7 Å². The Hall–Kier alpha value is -1.13. The second-order valence-electron chi connectivity index (χ2n) is 4.42. The molecule has 1 atom stereocenters. The van der Waals surface area contributed by atoms with Crippen molar-refractivity contribution >= 4 is 11.3 Å². The van der Waals surface area contributed by atoms with Crippen molar-refractivity contribution in [2.45, 2.75) is 39.3 Å². The highest BCUT2D eigenvalue weighted by Gasteiger charge is 2.12. The zero-order valence-electron chi connectivity index (χ0n) is 11.1. The van der Waals surface area contributed by atoms with Crippen molar-refractivity contribution < 1.29 is 0 Å².